The Kier molecular flexibility index (Phi) is 4.19. The van der Waals surface area contributed by atoms with Gasteiger partial charge in [-0.25, -0.2) is 4.98 Å². The fourth-order valence-electron chi connectivity index (χ4n) is 4.15. The minimum absolute atomic E-state index is 0.0263. The monoisotopic (exact) mass is 386 g/mol. The van der Waals surface area contributed by atoms with Gasteiger partial charge in [-0.05, 0) is 43.0 Å². The topological polar surface area (TPSA) is 59.6 Å². The predicted molar refractivity (Wildman–Crippen MR) is 112 cm³/mol. The molecule has 5 rings (SSSR count). The molecule has 0 N–H and O–H groups in total. The zero-order chi connectivity index (χ0) is 20.0. The summed E-state index contributed by atoms with van der Waals surface area (Å²) in [5, 5.41) is 0.478. The minimum Gasteiger partial charge on any atom is -0.337 e. The van der Waals surface area contributed by atoms with Crippen molar-refractivity contribution in [3.63, 3.8) is 0 Å². The summed E-state index contributed by atoms with van der Waals surface area (Å²) in [6, 6.07) is 15.5. The quantitative estimate of drug-likeness (QED) is 0.543. The number of hydrogen-bond donors (Lipinski definition) is 0. The van der Waals surface area contributed by atoms with Gasteiger partial charge in [0.05, 0.1) is 5.39 Å². The molecule has 1 aliphatic heterocycles. The van der Waals surface area contributed by atoms with E-state index in [-0.39, 0.29) is 11.5 Å². The molecular weight excluding hydrogens is 364 g/mol. The molecule has 4 heterocycles. The number of hydrogen-bond acceptors (Lipinski definition) is 3. The molecule has 6 heteroatoms. The van der Waals surface area contributed by atoms with Gasteiger partial charge in [0, 0.05) is 25.8 Å². The Morgan fingerprint density at radius 3 is 2.55 bits per heavy atom. The number of pyridine rings is 1. The highest BCUT2D eigenvalue weighted by Gasteiger charge is 2.25. The van der Waals surface area contributed by atoms with Crippen LogP contribution in [0.2, 0.25) is 0 Å². The number of aromatic nitrogens is 3. The van der Waals surface area contributed by atoms with E-state index in [9.17, 15) is 9.59 Å². The van der Waals surface area contributed by atoms with Crippen LogP contribution in [0, 0.1) is 6.92 Å². The molecule has 1 saturated heterocycles. The summed E-state index contributed by atoms with van der Waals surface area (Å²) in [5.74, 6) is -0.0263. The fourth-order valence-corrected chi connectivity index (χ4v) is 4.15. The van der Waals surface area contributed by atoms with Crippen LogP contribution in [0.3, 0.4) is 0 Å². The molecular formula is C23H22N4O2. The molecule has 0 bridgehead atoms. The number of rotatable bonds is 3. The molecule has 1 aromatic carbocycles. The number of carbonyl (C=O) groups is 1. The van der Waals surface area contributed by atoms with Gasteiger partial charge in [0.2, 0.25) is 0 Å². The molecule has 1 fully saturated rings. The van der Waals surface area contributed by atoms with Crippen molar-refractivity contribution in [2.24, 2.45) is 0 Å². The highest BCUT2D eigenvalue weighted by Crippen LogP contribution is 2.22. The van der Waals surface area contributed by atoms with Crippen LogP contribution in [0.25, 0.3) is 16.7 Å². The Bertz CT molecular complexity index is 1280. The van der Waals surface area contributed by atoms with E-state index in [2.05, 4.69) is 0 Å². The summed E-state index contributed by atoms with van der Waals surface area (Å²) < 4.78 is 3.47. The molecule has 146 valence electrons. The predicted octanol–water partition coefficient (Wildman–Crippen LogP) is 3.24. The Hall–Kier alpha value is -3.41. The van der Waals surface area contributed by atoms with E-state index >= 15 is 0 Å². The van der Waals surface area contributed by atoms with Crippen LogP contribution in [0.1, 0.15) is 34.5 Å². The Morgan fingerprint density at radius 2 is 1.79 bits per heavy atom. The second-order valence-corrected chi connectivity index (χ2v) is 7.64. The molecule has 0 spiro atoms. The first-order valence-corrected chi connectivity index (χ1v) is 9.98. The number of nitrogens with zero attached hydrogens (tertiary/aromatic N) is 4. The molecule has 6 nitrogen and oxygen atoms in total. The van der Waals surface area contributed by atoms with E-state index in [4.69, 9.17) is 4.98 Å². The summed E-state index contributed by atoms with van der Waals surface area (Å²) in [4.78, 5) is 33.1. The standard InChI is InChI=1S/C23H22N4O2/c1-16-8-7-13-26-20(16)24-21-18(22(26)28)14-19(23(29)25-11-5-6-12-25)27(21)15-17-9-3-2-4-10-17/h2-4,7-10,13-14H,5-6,11-12,15H2,1H3. The van der Waals surface area contributed by atoms with E-state index < -0.39 is 0 Å². The first-order valence-electron chi connectivity index (χ1n) is 9.98. The van der Waals surface area contributed by atoms with Crippen molar-refractivity contribution >= 4 is 22.6 Å². The van der Waals surface area contributed by atoms with E-state index in [0.717, 1.165) is 37.1 Å². The number of fused-ring (bicyclic) bond motifs is 2. The minimum atomic E-state index is -0.143. The molecule has 0 atom stereocenters. The van der Waals surface area contributed by atoms with Crippen molar-refractivity contribution < 1.29 is 4.79 Å². The van der Waals surface area contributed by atoms with Crippen LogP contribution >= 0.6 is 0 Å². The van der Waals surface area contributed by atoms with Gasteiger partial charge in [-0.1, -0.05) is 36.4 Å². The fraction of sp³-hybridized carbons (Fsp3) is 0.261. The van der Waals surface area contributed by atoms with Crippen molar-refractivity contribution in [1.82, 2.24) is 18.9 Å². The van der Waals surface area contributed by atoms with E-state index in [1.165, 1.54) is 0 Å². The van der Waals surface area contributed by atoms with Gasteiger partial charge in [0.1, 0.15) is 17.0 Å². The molecule has 1 aliphatic rings. The van der Waals surface area contributed by atoms with Gasteiger partial charge in [-0.3, -0.25) is 14.0 Å². The molecule has 0 aliphatic carbocycles. The van der Waals surface area contributed by atoms with Crippen LogP contribution in [0.5, 0.6) is 0 Å². The molecule has 0 saturated carbocycles. The third-order valence-corrected chi connectivity index (χ3v) is 5.69. The number of aryl methyl sites for hydroxylation is 1. The third-order valence-electron chi connectivity index (χ3n) is 5.69. The Labute approximate surface area is 168 Å². The second-order valence-electron chi connectivity index (χ2n) is 7.64. The lowest BCUT2D eigenvalue weighted by Gasteiger charge is -2.17. The Morgan fingerprint density at radius 1 is 1.03 bits per heavy atom. The third kappa shape index (κ3) is 2.92. The van der Waals surface area contributed by atoms with Crippen LogP contribution in [-0.4, -0.2) is 37.8 Å². The molecule has 29 heavy (non-hydrogen) atoms. The average molecular weight is 386 g/mol. The van der Waals surface area contributed by atoms with Crippen molar-refractivity contribution in [1.29, 1.82) is 0 Å². The zero-order valence-corrected chi connectivity index (χ0v) is 16.3. The van der Waals surface area contributed by atoms with Crippen LogP contribution < -0.4 is 5.56 Å². The summed E-state index contributed by atoms with van der Waals surface area (Å²) in [5.41, 5.74) is 3.56. The van der Waals surface area contributed by atoms with Crippen molar-refractivity contribution in [2.75, 3.05) is 13.1 Å². The van der Waals surface area contributed by atoms with Gasteiger partial charge in [-0.15, -0.1) is 0 Å². The molecule has 0 radical (unpaired) electrons. The van der Waals surface area contributed by atoms with E-state index in [1.807, 2.05) is 58.9 Å². The number of likely N-dealkylation sites (tertiary alicyclic amines) is 1. The lowest BCUT2D eigenvalue weighted by molar-refractivity contribution is 0.0783. The smallest absolute Gasteiger partial charge is 0.270 e. The SMILES string of the molecule is Cc1cccn2c(=O)c3cc(C(=O)N4CCCC4)n(Cc4ccccc4)c3nc12. The lowest BCUT2D eigenvalue weighted by atomic mass is 10.2. The maximum Gasteiger partial charge on any atom is 0.270 e. The maximum absolute atomic E-state index is 13.3. The first kappa shape index (κ1) is 17.7. The molecule has 0 unspecified atom stereocenters. The number of carbonyl (C=O) groups excluding carboxylic acids is 1. The normalized spacial score (nSPS) is 14.2. The average Bonchev–Trinajstić information content (AvgIpc) is 3.39. The zero-order valence-electron chi connectivity index (χ0n) is 16.3. The van der Waals surface area contributed by atoms with Crippen molar-refractivity contribution in [2.45, 2.75) is 26.3 Å². The molecule has 3 aromatic heterocycles. The summed E-state index contributed by atoms with van der Waals surface area (Å²) >= 11 is 0. The summed E-state index contributed by atoms with van der Waals surface area (Å²) in [7, 11) is 0. The lowest BCUT2D eigenvalue weighted by Crippen LogP contribution is -2.29. The maximum atomic E-state index is 13.3. The summed E-state index contributed by atoms with van der Waals surface area (Å²) in [6.07, 6.45) is 3.77. The van der Waals surface area contributed by atoms with Gasteiger partial charge in [0.15, 0.2) is 0 Å². The van der Waals surface area contributed by atoms with Crippen molar-refractivity contribution in [3.05, 3.63) is 81.9 Å². The molecule has 1 amide bonds. The highest BCUT2D eigenvalue weighted by molar-refractivity contribution is 5.98. The largest absolute Gasteiger partial charge is 0.337 e. The summed E-state index contributed by atoms with van der Waals surface area (Å²) in [6.45, 7) is 3.96. The number of amides is 1. The van der Waals surface area contributed by atoms with E-state index in [1.54, 1.807) is 16.7 Å². The number of benzene rings is 1. The van der Waals surface area contributed by atoms with Gasteiger partial charge >= 0.3 is 0 Å². The molecule has 4 aromatic rings. The highest BCUT2D eigenvalue weighted by atomic mass is 16.2. The van der Waals surface area contributed by atoms with Gasteiger partial charge in [0.25, 0.3) is 11.5 Å². The Balaban J connectivity index is 1.78. The van der Waals surface area contributed by atoms with Crippen LogP contribution in [-0.2, 0) is 6.54 Å². The van der Waals surface area contributed by atoms with Crippen LogP contribution in [0.15, 0.2) is 59.5 Å². The van der Waals surface area contributed by atoms with Gasteiger partial charge in [-0.2, -0.15) is 0 Å². The van der Waals surface area contributed by atoms with Crippen molar-refractivity contribution in [3.8, 4) is 0 Å². The van der Waals surface area contributed by atoms with Crippen LogP contribution in [0.4, 0.5) is 0 Å². The van der Waals surface area contributed by atoms with Gasteiger partial charge < -0.3 is 9.47 Å². The first-order chi connectivity index (χ1) is 14.1. The van der Waals surface area contributed by atoms with E-state index in [0.29, 0.717) is 28.9 Å². The second kappa shape index (κ2) is 6.88.